The number of nitrogens with one attached hydrogen (secondary N) is 2. The van der Waals surface area contributed by atoms with Gasteiger partial charge in [-0.1, -0.05) is 45.7 Å². The van der Waals surface area contributed by atoms with E-state index in [4.69, 9.17) is 12.2 Å². The first-order valence-corrected chi connectivity index (χ1v) is 8.14. The second-order valence-corrected chi connectivity index (χ2v) is 6.65. The molecule has 1 fully saturated rings. The third-order valence-electron chi connectivity index (χ3n) is 4.26. The van der Waals surface area contributed by atoms with Crippen molar-refractivity contribution in [2.24, 2.45) is 5.92 Å². The van der Waals surface area contributed by atoms with Crippen LogP contribution >= 0.6 is 12.2 Å². The second-order valence-electron chi connectivity index (χ2n) is 6.24. The molecule has 0 spiro atoms. The molecule has 0 aliphatic heterocycles. The summed E-state index contributed by atoms with van der Waals surface area (Å²) < 4.78 is 0. The van der Waals surface area contributed by atoms with Crippen molar-refractivity contribution < 1.29 is 0 Å². The largest absolute Gasteiger partial charge is 0.359 e. The third kappa shape index (κ3) is 4.20. The first kappa shape index (κ1) is 15.3. The average Bonchev–Trinajstić information content (AvgIpc) is 2.42. The monoisotopic (exact) mass is 290 g/mol. The molecule has 1 aliphatic carbocycles. The molecule has 20 heavy (non-hydrogen) atoms. The van der Waals surface area contributed by atoms with Crippen molar-refractivity contribution in [3.8, 4) is 0 Å². The van der Waals surface area contributed by atoms with E-state index in [-0.39, 0.29) is 0 Å². The SMILES string of the molecule is CC(C)c1ccc(NC(=S)NC2CCCCC2C)cc1. The quantitative estimate of drug-likeness (QED) is 0.791. The van der Waals surface area contributed by atoms with Gasteiger partial charge in [0, 0.05) is 11.7 Å². The summed E-state index contributed by atoms with van der Waals surface area (Å²) in [5.41, 5.74) is 2.42. The van der Waals surface area contributed by atoms with Crippen molar-refractivity contribution in [3.63, 3.8) is 0 Å². The fourth-order valence-corrected chi connectivity index (χ4v) is 3.09. The molecule has 3 heteroatoms. The second kappa shape index (κ2) is 7.07. The van der Waals surface area contributed by atoms with E-state index in [0.717, 1.165) is 10.8 Å². The molecule has 0 aromatic heterocycles. The summed E-state index contributed by atoms with van der Waals surface area (Å²) in [5.74, 6) is 1.28. The molecule has 1 aliphatic rings. The first-order chi connectivity index (χ1) is 9.56. The van der Waals surface area contributed by atoms with Crippen LogP contribution in [0.5, 0.6) is 0 Å². The van der Waals surface area contributed by atoms with Gasteiger partial charge in [0.15, 0.2) is 5.11 Å². The van der Waals surface area contributed by atoms with Gasteiger partial charge < -0.3 is 10.6 Å². The molecule has 110 valence electrons. The summed E-state index contributed by atoms with van der Waals surface area (Å²) in [7, 11) is 0. The molecule has 0 amide bonds. The van der Waals surface area contributed by atoms with Crippen molar-refractivity contribution >= 4 is 23.0 Å². The summed E-state index contributed by atoms with van der Waals surface area (Å²) in [6.45, 7) is 6.73. The predicted octanol–water partition coefficient (Wildman–Crippen LogP) is 4.68. The number of thiocarbonyl (C=S) groups is 1. The van der Waals surface area contributed by atoms with Gasteiger partial charge in [-0.25, -0.2) is 0 Å². The van der Waals surface area contributed by atoms with Crippen LogP contribution in [0.3, 0.4) is 0 Å². The minimum absolute atomic E-state index is 0.527. The average molecular weight is 290 g/mol. The summed E-state index contributed by atoms with van der Waals surface area (Å²) in [5, 5.41) is 7.52. The molecule has 0 saturated heterocycles. The molecule has 0 radical (unpaired) electrons. The molecule has 2 nitrogen and oxygen atoms in total. The van der Waals surface area contributed by atoms with E-state index in [9.17, 15) is 0 Å². The molecule has 1 saturated carbocycles. The molecule has 1 aromatic carbocycles. The highest BCUT2D eigenvalue weighted by Gasteiger charge is 2.21. The molecular formula is C17H26N2S. The van der Waals surface area contributed by atoms with Gasteiger partial charge in [0.05, 0.1) is 0 Å². The van der Waals surface area contributed by atoms with Gasteiger partial charge in [0.2, 0.25) is 0 Å². The zero-order chi connectivity index (χ0) is 14.5. The Labute approximate surface area is 128 Å². The Morgan fingerprint density at radius 1 is 1.15 bits per heavy atom. The van der Waals surface area contributed by atoms with Gasteiger partial charge in [-0.3, -0.25) is 0 Å². The smallest absolute Gasteiger partial charge is 0.171 e. The van der Waals surface area contributed by atoms with Gasteiger partial charge in [0.25, 0.3) is 0 Å². The zero-order valence-electron chi connectivity index (χ0n) is 12.8. The normalized spacial score (nSPS) is 22.6. The molecule has 2 unspecified atom stereocenters. The van der Waals surface area contributed by atoms with E-state index in [1.165, 1.54) is 31.2 Å². The van der Waals surface area contributed by atoms with Crippen LogP contribution in [-0.2, 0) is 0 Å². The fourth-order valence-electron chi connectivity index (χ4n) is 2.82. The van der Waals surface area contributed by atoms with E-state index in [0.29, 0.717) is 17.9 Å². The van der Waals surface area contributed by atoms with E-state index in [1.807, 2.05) is 0 Å². The lowest BCUT2D eigenvalue weighted by Gasteiger charge is -2.30. The van der Waals surface area contributed by atoms with Gasteiger partial charge in [-0.2, -0.15) is 0 Å². The number of hydrogen-bond acceptors (Lipinski definition) is 1. The molecule has 2 rings (SSSR count). The predicted molar refractivity (Wildman–Crippen MR) is 91.3 cm³/mol. The lowest BCUT2D eigenvalue weighted by atomic mass is 9.86. The van der Waals surface area contributed by atoms with Crippen molar-refractivity contribution in [3.05, 3.63) is 29.8 Å². The Balaban J connectivity index is 1.87. The number of hydrogen-bond donors (Lipinski definition) is 2. The first-order valence-electron chi connectivity index (χ1n) is 7.73. The Kier molecular flexibility index (Phi) is 5.41. The fraction of sp³-hybridized carbons (Fsp3) is 0.588. The van der Waals surface area contributed by atoms with Crippen LogP contribution < -0.4 is 10.6 Å². The highest BCUT2D eigenvalue weighted by molar-refractivity contribution is 7.80. The Hall–Kier alpha value is -1.09. The standard InChI is InChI=1S/C17H26N2S/c1-12(2)14-8-10-15(11-9-14)18-17(20)19-16-7-5-4-6-13(16)3/h8-13,16H,4-7H2,1-3H3,(H2,18,19,20). The lowest BCUT2D eigenvalue weighted by Crippen LogP contribution is -2.43. The van der Waals surface area contributed by atoms with Gasteiger partial charge >= 0.3 is 0 Å². The van der Waals surface area contributed by atoms with E-state index in [1.54, 1.807) is 0 Å². The van der Waals surface area contributed by atoms with Crippen LogP contribution in [0.25, 0.3) is 0 Å². The molecule has 2 atom stereocenters. The van der Waals surface area contributed by atoms with E-state index >= 15 is 0 Å². The van der Waals surface area contributed by atoms with Crippen molar-refractivity contribution in [1.82, 2.24) is 5.32 Å². The maximum atomic E-state index is 5.43. The summed E-state index contributed by atoms with van der Waals surface area (Å²) >= 11 is 5.43. The lowest BCUT2D eigenvalue weighted by molar-refractivity contribution is 0.309. The topological polar surface area (TPSA) is 24.1 Å². The van der Waals surface area contributed by atoms with Crippen molar-refractivity contribution in [1.29, 1.82) is 0 Å². The Morgan fingerprint density at radius 2 is 1.80 bits per heavy atom. The number of rotatable bonds is 3. The van der Waals surface area contributed by atoms with Gasteiger partial charge in [-0.05, 0) is 54.6 Å². The number of anilines is 1. The van der Waals surface area contributed by atoms with E-state index < -0.39 is 0 Å². The molecule has 0 heterocycles. The molecule has 2 N–H and O–H groups in total. The summed E-state index contributed by atoms with van der Waals surface area (Å²) in [6, 6.07) is 9.07. The van der Waals surface area contributed by atoms with Crippen LogP contribution in [-0.4, -0.2) is 11.2 Å². The number of benzene rings is 1. The zero-order valence-corrected chi connectivity index (χ0v) is 13.6. The third-order valence-corrected chi connectivity index (χ3v) is 4.48. The van der Waals surface area contributed by atoms with Crippen molar-refractivity contribution in [2.75, 3.05) is 5.32 Å². The van der Waals surface area contributed by atoms with Crippen molar-refractivity contribution in [2.45, 2.75) is 58.4 Å². The Morgan fingerprint density at radius 3 is 2.40 bits per heavy atom. The molecule has 0 bridgehead atoms. The molecule has 1 aromatic rings. The van der Waals surface area contributed by atoms with E-state index in [2.05, 4.69) is 55.7 Å². The summed E-state index contributed by atoms with van der Waals surface area (Å²) in [4.78, 5) is 0. The van der Waals surface area contributed by atoms with Gasteiger partial charge in [-0.15, -0.1) is 0 Å². The summed E-state index contributed by atoms with van der Waals surface area (Å²) in [6.07, 6.45) is 5.21. The van der Waals surface area contributed by atoms with Crippen LogP contribution in [0.15, 0.2) is 24.3 Å². The highest BCUT2D eigenvalue weighted by atomic mass is 32.1. The minimum atomic E-state index is 0.527. The maximum Gasteiger partial charge on any atom is 0.171 e. The van der Waals surface area contributed by atoms with Crippen LogP contribution in [0.1, 0.15) is 57.9 Å². The maximum absolute atomic E-state index is 5.43. The Bertz CT molecular complexity index is 439. The minimum Gasteiger partial charge on any atom is -0.359 e. The van der Waals surface area contributed by atoms with Crippen LogP contribution in [0.2, 0.25) is 0 Å². The molecular weight excluding hydrogens is 264 g/mol. The van der Waals surface area contributed by atoms with Crippen LogP contribution in [0, 0.1) is 5.92 Å². The highest BCUT2D eigenvalue weighted by Crippen LogP contribution is 2.24. The van der Waals surface area contributed by atoms with Crippen LogP contribution in [0.4, 0.5) is 5.69 Å². The van der Waals surface area contributed by atoms with Gasteiger partial charge in [0.1, 0.15) is 0 Å².